The van der Waals surface area contributed by atoms with Crippen molar-refractivity contribution in [3.05, 3.63) is 23.8 Å². The van der Waals surface area contributed by atoms with Gasteiger partial charge in [-0.25, -0.2) is 0 Å². The number of aliphatic hydroxyl groups is 1. The van der Waals surface area contributed by atoms with E-state index < -0.39 is 0 Å². The van der Waals surface area contributed by atoms with Crippen molar-refractivity contribution in [3.8, 4) is 11.5 Å². The molecule has 23 heavy (non-hydrogen) atoms. The van der Waals surface area contributed by atoms with Crippen molar-refractivity contribution in [2.75, 3.05) is 33.9 Å². The maximum absolute atomic E-state index is 11.3. The molecule has 1 aromatic rings. The van der Waals surface area contributed by atoms with Crippen molar-refractivity contribution in [3.63, 3.8) is 0 Å². The van der Waals surface area contributed by atoms with Crippen LogP contribution in [-0.2, 0) is 11.3 Å². The fourth-order valence-electron chi connectivity index (χ4n) is 3.19. The molecule has 0 spiro atoms. The van der Waals surface area contributed by atoms with Gasteiger partial charge in [-0.1, -0.05) is 6.07 Å². The van der Waals surface area contributed by atoms with Gasteiger partial charge in [-0.05, 0) is 18.6 Å². The van der Waals surface area contributed by atoms with E-state index in [-0.39, 0.29) is 24.5 Å². The summed E-state index contributed by atoms with van der Waals surface area (Å²) in [5, 5.41) is 12.6. The normalized spacial score (nSPS) is 21.7. The Kier molecular flexibility index (Phi) is 6.24. The second-order valence-corrected chi connectivity index (χ2v) is 5.91. The van der Waals surface area contributed by atoms with Crippen molar-refractivity contribution < 1.29 is 19.4 Å². The number of rotatable bonds is 6. The van der Waals surface area contributed by atoms with E-state index in [1.54, 1.807) is 14.2 Å². The van der Waals surface area contributed by atoms with E-state index in [1.807, 2.05) is 18.2 Å². The van der Waals surface area contributed by atoms with Crippen LogP contribution in [-0.4, -0.2) is 55.9 Å². The molecule has 1 heterocycles. The second kappa shape index (κ2) is 8.17. The van der Waals surface area contributed by atoms with Crippen molar-refractivity contribution in [1.82, 2.24) is 10.2 Å². The minimum absolute atomic E-state index is 0.0355. The van der Waals surface area contributed by atoms with Gasteiger partial charge in [-0.15, -0.1) is 0 Å². The first-order chi connectivity index (χ1) is 11.1. The van der Waals surface area contributed by atoms with Gasteiger partial charge in [0, 0.05) is 45.1 Å². The number of carbonyl (C=O) groups is 1. The average molecular weight is 322 g/mol. The van der Waals surface area contributed by atoms with Crippen LogP contribution < -0.4 is 14.8 Å². The molecule has 1 fully saturated rings. The van der Waals surface area contributed by atoms with Crippen molar-refractivity contribution in [2.24, 2.45) is 5.92 Å². The Morgan fingerprint density at radius 1 is 1.35 bits per heavy atom. The smallest absolute Gasteiger partial charge is 0.217 e. The molecule has 1 amide bonds. The Labute approximate surface area is 137 Å². The van der Waals surface area contributed by atoms with Gasteiger partial charge >= 0.3 is 0 Å². The Hall–Kier alpha value is -1.79. The molecular formula is C17H26N2O4. The predicted molar refractivity (Wildman–Crippen MR) is 87.6 cm³/mol. The minimum Gasteiger partial charge on any atom is -0.496 e. The molecule has 2 rings (SSSR count). The van der Waals surface area contributed by atoms with Gasteiger partial charge in [-0.2, -0.15) is 0 Å². The van der Waals surface area contributed by atoms with E-state index in [1.165, 1.54) is 6.92 Å². The van der Waals surface area contributed by atoms with Crippen LogP contribution in [0.15, 0.2) is 18.2 Å². The van der Waals surface area contributed by atoms with Gasteiger partial charge in [0.15, 0.2) is 0 Å². The number of hydrogen-bond donors (Lipinski definition) is 2. The highest BCUT2D eigenvalue weighted by atomic mass is 16.5. The Morgan fingerprint density at radius 2 is 2.00 bits per heavy atom. The summed E-state index contributed by atoms with van der Waals surface area (Å²) in [5.41, 5.74) is 1.01. The molecule has 2 atom stereocenters. The lowest BCUT2D eigenvalue weighted by Crippen LogP contribution is -2.51. The summed E-state index contributed by atoms with van der Waals surface area (Å²) in [7, 11) is 3.30. The molecule has 0 unspecified atom stereocenters. The molecule has 0 bridgehead atoms. The van der Waals surface area contributed by atoms with Gasteiger partial charge in [0.2, 0.25) is 5.91 Å². The van der Waals surface area contributed by atoms with E-state index in [2.05, 4.69) is 10.2 Å². The first kappa shape index (κ1) is 17.6. The molecule has 0 aromatic heterocycles. The molecule has 1 aliphatic rings. The van der Waals surface area contributed by atoms with Gasteiger partial charge in [0.25, 0.3) is 0 Å². The first-order valence-corrected chi connectivity index (χ1v) is 7.89. The molecule has 0 radical (unpaired) electrons. The molecular weight excluding hydrogens is 296 g/mol. The molecule has 2 N–H and O–H groups in total. The number of benzene rings is 1. The monoisotopic (exact) mass is 322 g/mol. The summed E-state index contributed by atoms with van der Waals surface area (Å²) in [4.78, 5) is 13.5. The summed E-state index contributed by atoms with van der Waals surface area (Å²) < 4.78 is 10.9. The van der Waals surface area contributed by atoms with Gasteiger partial charge in [0.1, 0.15) is 11.5 Å². The molecule has 6 heteroatoms. The van der Waals surface area contributed by atoms with E-state index in [0.29, 0.717) is 6.54 Å². The number of carbonyl (C=O) groups excluding carboxylic acids is 1. The molecule has 6 nitrogen and oxygen atoms in total. The van der Waals surface area contributed by atoms with Crippen molar-refractivity contribution in [1.29, 1.82) is 0 Å². The fraction of sp³-hybridized carbons (Fsp3) is 0.588. The first-order valence-electron chi connectivity index (χ1n) is 7.89. The molecule has 1 aromatic carbocycles. The van der Waals surface area contributed by atoms with Gasteiger partial charge in [-0.3, -0.25) is 9.69 Å². The number of nitrogens with zero attached hydrogens (tertiary/aromatic N) is 1. The largest absolute Gasteiger partial charge is 0.496 e. The van der Waals surface area contributed by atoms with E-state index in [9.17, 15) is 9.90 Å². The maximum atomic E-state index is 11.3. The van der Waals surface area contributed by atoms with Crippen LogP contribution in [0.1, 0.15) is 18.9 Å². The van der Waals surface area contributed by atoms with Gasteiger partial charge < -0.3 is 19.9 Å². The quantitative estimate of drug-likeness (QED) is 0.818. The molecule has 0 aliphatic carbocycles. The zero-order valence-electron chi connectivity index (χ0n) is 14.0. The van der Waals surface area contributed by atoms with Crippen LogP contribution in [0.3, 0.4) is 0 Å². The van der Waals surface area contributed by atoms with E-state index in [0.717, 1.165) is 36.6 Å². The van der Waals surface area contributed by atoms with Crippen LogP contribution in [0.4, 0.5) is 0 Å². The van der Waals surface area contributed by atoms with E-state index >= 15 is 0 Å². The van der Waals surface area contributed by atoms with Gasteiger partial charge in [0.05, 0.1) is 19.8 Å². The molecule has 0 saturated carbocycles. The topological polar surface area (TPSA) is 71.0 Å². The summed E-state index contributed by atoms with van der Waals surface area (Å²) >= 11 is 0. The summed E-state index contributed by atoms with van der Waals surface area (Å²) in [6, 6.07) is 5.78. The summed E-state index contributed by atoms with van der Waals surface area (Å²) in [5.74, 6) is 1.59. The lowest BCUT2D eigenvalue weighted by atomic mass is 9.92. The minimum atomic E-state index is -0.0479. The second-order valence-electron chi connectivity index (χ2n) is 5.91. The number of ether oxygens (including phenoxy) is 2. The zero-order chi connectivity index (χ0) is 16.8. The highest BCUT2D eigenvalue weighted by molar-refractivity contribution is 5.73. The lowest BCUT2D eigenvalue weighted by molar-refractivity contribution is -0.120. The zero-order valence-corrected chi connectivity index (χ0v) is 14.0. The standard InChI is InChI=1S/C17H26N2O4/c1-12(21)18-15-7-8-19(9-13(15)11-20)10-14-16(22-2)5-4-6-17(14)23-3/h4-6,13,15,20H,7-11H2,1-3H3,(H,18,21)/t13-,15-/m1/s1. The van der Waals surface area contributed by atoms with E-state index in [4.69, 9.17) is 9.47 Å². The van der Waals surface area contributed by atoms with Crippen LogP contribution >= 0.6 is 0 Å². The molecule has 1 saturated heterocycles. The molecule has 128 valence electrons. The summed E-state index contributed by atoms with van der Waals surface area (Å²) in [6.07, 6.45) is 0.822. The van der Waals surface area contributed by atoms with Crippen LogP contribution in [0.2, 0.25) is 0 Å². The van der Waals surface area contributed by atoms with Crippen molar-refractivity contribution >= 4 is 5.91 Å². The number of methoxy groups -OCH3 is 2. The Bertz CT molecular complexity index is 513. The number of aliphatic hydroxyl groups excluding tert-OH is 1. The highest BCUT2D eigenvalue weighted by Gasteiger charge is 2.30. The van der Waals surface area contributed by atoms with Crippen molar-refractivity contribution in [2.45, 2.75) is 25.9 Å². The number of likely N-dealkylation sites (tertiary alicyclic amines) is 1. The lowest BCUT2D eigenvalue weighted by Gasteiger charge is -2.38. The third-order valence-corrected chi connectivity index (χ3v) is 4.35. The SMILES string of the molecule is COc1cccc(OC)c1CN1CC[C@@H](NC(C)=O)[C@@H](CO)C1. The number of piperidine rings is 1. The predicted octanol–water partition coefficient (Wildman–Crippen LogP) is 1.02. The third kappa shape index (κ3) is 4.36. The van der Waals surface area contributed by atoms with Crippen LogP contribution in [0.5, 0.6) is 11.5 Å². The Morgan fingerprint density at radius 3 is 2.52 bits per heavy atom. The highest BCUT2D eigenvalue weighted by Crippen LogP contribution is 2.31. The summed E-state index contributed by atoms with van der Waals surface area (Å²) in [6.45, 7) is 3.84. The number of nitrogens with one attached hydrogen (secondary N) is 1. The Balaban J connectivity index is 2.09. The number of hydrogen-bond acceptors (Lipinski definition) is 5. The maximum Gasteiger partial charge on any atom is 0.217 e. The van der Waals surface area contributed by atoms with Crippen LogP contribution in [0.25, 0.3) is 0 Å². The number of amides is 1. The fourth-order valence-corrected chi connectivity index (χ4v) is 3.19. The van der Waals surface area contributed by atoms with Crippen LogP contribution in [0, 0.1) is 5.92 Å². The molecule has 1 aliphatic heterocycles. The third-order valence-electron chi connectivity index (χ3n) is 4.35. The average Bonchev–Trinajstić information content (AvgIpc) is 2.55.